The lowest BCUT2D eigenvalue weighted by atomic mass is 10.2. The van der Waals surface area contributed by atoms with Crippen molar-refractivity contribution in [2.75, 3.05) is 56.5 Å². The second-order valence-electron chi connectivity index (χ2n) is 6.21. The Morgan fingerprint density at radius 3 is 2.87 bits per heavy atom. The lowest BCUT2D eigenvalue weighted by Crippen LogP contribution is -2.44. The zero-order valence-electron chi connectivity index (χ0n) is 13.6. The first kappa shape index (κ1) is 15.8. The summed E-state index contributed by atoms with van der Waals surface area (Å²) in [5.41, 5.74) is 1.72. The molecule has 3 rings (SSSR count). The minimum Gasteiger partial charge on any atom is -0.383 e. The van der Waals surface area contributed by atoms with Crippen molar-refractivity contribution < 1.29 is 9.59 Å². The highest BCUT2D eigenvalue weighted by molar-refractivity contribution is 6.02. The van der Waals surface area contributed by atoms with Crippen molar-refractivity contribution in [3.05, 3.63) is 24.3 Å². The number of rotatable bonds is 2. The Labute approximate surface area is 137 Å². The van der Waals surface area contributed by atoms with Crippen molar-refractivity contribution in [2.45, 2.75) is 12.8 Å². The van der Waals surface area contributed by atoms with Gasteiger partial charge in [0, 0.05) is 32.6 Å². The second-order valence-corrected chi connectivity index (χ2v) is 6.21. The Hall–Kier alpha value is -2.08. The van der Waals surface area contributed by atoms with Crippen LogP contribution in [0.2, 0.25) is 0 Å². The maximum atomic E-state index is 12.7. The molecular weight excluding hydrogens is 292 g/mol. The molecule has 1 fully saturated rings. The average Bonchev–Trinajstić information content (AvgIpc) is 2.85. The fraction of sp³-hybridized carbons (Fsp3) is 0.529. The Balaban J connectivity index is 1.75. The molecule has 6 nitrogen and oxygen atoms in total. The molecule has 2 aliphatic rings. The van der Waals surface area contributed by atoms with E-state index in [1.54, 1.807) is 4.90 Å². The number of amides is 2. The molecule has 0 aliphatic carbocycles. The molecule has 124 valence electrons. The van der Waals surface area contributed by atoms with Crippen molar-refractivity contribution >= 4 is 23.2 Å². The zero-order valence-corrected chi connectivity index (χ0v) is 13.6. The molecule has 0 aromatic heterocycles. The van der Waals surface area contributed by atoms with Gasteiger partial charge in [0.1, 0.15) is 6.54 Å². The summed E-state index contributed by atoms with van der Waals surface area (Å²) in [5, 5.41) is 3.26. The van der Waals surface area contributed by atoms with Crippen LogP contribution >= 0.6 is 0 Å². The molecule has 0 spiro atoms. The molecule has 2 heterocycles. The average molecular weight is 316 g/mol. The van der Waals surface area contributed by atoms with E-state index in [1.807, 2.05) is 29.2 Å². The molecule has 0 radical (unpaired) electrons. The van der Waals surface area contributed by atoms with Gasteiger partial charge in [-0.15, -0.1) is 0 Å². The van der Waals surface area contributed by atoms with Crippen molar-refractivity contribution in [2.24, 2.45) is 0 Å². The standard InChI is InChI=1S/C17H24N4O2/c1-19-9-4-10-20(12-11-19)17(23)13-21-15-6-3-2-5-14(15)18-8-7-16(21)22/h2-3,5-6,18H,4,7-13H2,1H3. The largest absolute Gasteiger partial charge is 0.383 e. The summed E-state index contributed by atoms with van der Waals surface area (Å²) in [7, 11) is 2.08. The third kappa shape index (κ3) is 3.64. The lowest BCUT2D eigenvalue weighted by molar-refractivity contribution is -0.131. The quantitative estimate of drug-likeness (QED) is 0.884. The molecule has 1 N–H and O–H groups in total. The van der Waals surface area contributed by atoms with Gasteiger partial charge in [0.15, 0.2) is 0 Å². The van der Waals surface area contributed by atoms with Gasteiger partial charge in [0.2, 0.25) is 11.8 Å². The molecule has 1 aromatic rings. The van der Waals surface area contributed by atoms with Gasteiger partial charge >= 0.3 is 0 Å². The summed E-state index contributed by atoms with van der Waals surface area (Å²) >= 11 is 0. The van der Waals surface area contributed by atoms with Gasteiger partial charge in [0.05, 0.1) is 11.4 Å². The monoisotopic (exact) mass is 316 g/mol. The van der Waals surface area contributed by atoms with E-state index in [0.29, 0.717) is 13.0 Å². The molecule has 23 heavy (non-hydrogen) atoms. The molecule has 1 aromatic carbocycles. The first-order valence-electron chi connectivity index (χ1n) is 8.25. The highest BCUT2D eigenvalue weighted by atomic mass is 16.2. The van der Waals surface area contributed by atoms with E-state index in [4.69, 9.17) is 0 Å². The summed E-state index contributed by atoms with van der Waals surface area (Å²) < 4.78 is 0. The highest BCUT2D eigenvalue weighted by Crippen LogP contribution is 2.28. The molecule has 0 bridgehead atoms. The van der Waals surface area contributed by atoms with Crippen molar-refractivity contribution in [1.82, 2.24) is 9.80 Å². The number of nitrogens with zero attached hydrogens (tertiary/aromatic N) is 3. The minimum absolute atomic E-state index is 0.00254. The predicted octanol–water partition coefficient (Wildman–Crippen LogP) is 0.999. The molecular formula is C17H24N4O2. The molecule has 1 saturated heterocycles. The maximum absolute atomic E-state index is 12.7. The molecule has 6 heteroatoms. The van der Waals surface area contributed by atoms with E-state index in [1.165, 1.54) is 0 Å². The lowest BCUT2D eigenvalue weighted by Gasteiger charge is -2.26. The predicted molar refractivity (Wildman–Crippen MR) is 90.6 cm³/mol. The highest BCUT2D eigenvalue weighted by Gasteiger charge is 2.26. The van der Waals surface area contributed by atoms with Crippen LogP contribution in [0.3, 0.4) is 0 Å². The van der Waals surface area contributed by atoms with Crippen LogP contribution in [0.15, 0.2) is 24.3 Å². The van der Waals surface area contributed by atoms with E-state index in [2.05, 4.69) is 17.3 Å². The van der Waals surface area contributed by atoms with Crippen molar-refractivity contribution in [1.29, 1.82) is 0 Å². The van der Waals surface area contributed by atoms with Gasteiger partial charge in [-0.05, 0) is 32.1 Å². The zero-order chi connectivity index (χ0) is 16.2. The van der Waals surface area contributed by atoms with Crippen molar-refractivity contribution in [3.8, 4) is 0 Å². The van der Waals surface area contributed by atoms with E-state index >= 15 is 0 Å². The topological polar surface area (TPSA) is 55.9 Å². The Bertz CT molecular complexity index is 590. The summed E-state index contributed by atoms with van der Waals surface area (Å²) in [4.78, 5) is 30.9. The fourth-order valence-corrected chi connectivity index (χ4v) is 3.14. The fourth-order valence-electron chi connectivity index (χ4n) is 3.14. The third-order valence-corrected chi connectivity index (χ3v) is 4.52. The second kappa shape index (κ2) is 7.00. The summed E-state index contributed by atoms with van der Waals surface area (Å²) in [6.07, 6.45) is 1.39. The number of anilines is 2. The van der Waals surface area contributed by atoms with Crippen molar-refractivity contribution in [3.63, 3.8) is 0 Å². The van der Waals surface area contributed by atoms with Crippen LogP contribution in [-0.4, -0.2) is 67.9 Å². The van der Waals surface area contributed by atoms with E-state index < -0.39 is 0 Å². The number of benzene rings is 1. The van der Waals surface area contributed by atoms with Crippen LogP contribution in [0.25, 0.3) is 0 Å². The Morgan fingerprint density at radius 1 is 1.17 bits per heavy atom. The summed E-state index contributed by atoms with van der Waals surface area (Å²) in [6, 6.07) is 7.69. The first-order chi connectivity index (χ1) is 11.1. The number of hydrogen-bond acceptors (Lipinski definition) is 4. The Kier molecular flexibility index (Phi) is 4.81. The smallest absolute Gasteiger partial charge is 0.242 e. The minimum atomic E-state index is 0.00254. The van der Waals surface area contributed by atoms with Crippen LogP contribution in [-0.2, 0) is 9.59 Å². The summed E-state index contributed by atoms with van der Waals surface area (Å²) in [6.45, 7) is 4.13. The number of likely N-dealkylation sites (N-methyl/N-ethyl adjacent to an activating group) is 1. The Morgan fingerprint density at radius 2 is 2.00 bits per heavy atom. The number of carbonyl (C=O) groups excluding carboxylic acids is 2. The van der Waals surface area contributed by atoms with E-state index in [-0.39, 0.29) is 18.4 Å². The maximum Gasteiger partial charge on any atom is 0.242 e. The molecule has 0 saturated carbocycles. The number of fused-ring (bicyclic) bond motifs is 1. The van der Waals surface area contributed by atoms with Crippen LogP contribution < -0.4 is 10.2 Å². The molecule has 2 amide bonds. The third-order valence-electron chi connectivity index (χ3n) is 4.52. The van der Waals surface area contributed by atoms with Gasteiger partial charge in [-0.2, -0.15) is 0 Å². The van der Waals surface area contributed by atoms with Gasteiger partial charge in [-0.1, -0.05) is 12.1 Å². The van der Waals surface area contributed by atoms with Crippen LogP contribution in [0, 0.1) is 0 Å². The molecule has 0 atom stereocenters. The summed E-state index contributed by atoms with van der Waals surface area (Å²) in [5.74, 6) is 0.0353. The molecule has 2 aliphatic heterocycles. The van der Waals surface area contributed by atoms with E-state index in [9.17, 15) is 9.59 Å². The number of carbonyl (C=O) groups is 2. The SMILES string of the molecule is CN1CCCN(C(=O)CN2C(=O)CCNc3ccccc32)CC1. The van der Waals surface area contributed by atoms with Gasteiger partial charge in [0.25, 0.3) is 0 Å². The normalized spacial score (nSPS) is 19.6. The number of para-hydroxylation sites is 2. The number of hydrogen-bond donors (Lipinski definition) is 1. The van der Waals surface area contributed by atoms with Gasteiger partial charge < -0.3 is 20.0 Å². The molecule has 0 unspecified atom stereocenters. The van der Waals surface area contributed by atoms with Crippen LogP contribution in [0.5, 0.6) is 0 Å². The first-order valence-corrected chi connectivity index (χ1v) is 8.25. The van der Waals surface area contributed by atoms with E-state index in [0.717, 1.165) is 44.0 Å². The van der Waals surface area contributed by atoms with Crippen LogP contribution in [0.1, 0.15) is 12.8 Å². The van der Waals surface area contributed by atoms with Gasteiger partial charge in [-0.25, -0.2) is 0 Å². The van der Waals surface area contributed by atoms with Crippen LogP contribution in [0.4, 0.5) is 11.4 Å². The van der Waals surface area contributed by atoms with Gasteiger partial charge in [-0.3, -0.25) is 9.59 Å². The number of nitrogens with one attached hydrogen (secondary N) is 1.